The lowest BCUT2D eigenvalue weighted by molar-refractivity contribution is 0.254. The van der Waals surface area contributed by atoms with E-state index in [1.807, 2.05) is 13.1 Å². The Labute approximate surface area is 92.4 Å². The molecule has 1 saturated carbocycles. The van der Waals surface area contributed by atoms with Gasteiger partial charge in [0.25, 0.3) is 0 Å². The second kappa shape index (κ2) is 3.97. The second-order valence-corrected chi connectivity index (χ2v) is 4.80. The van der Waals surface area contributed by atoms with Crippen molar-refractivity contribution >= 4 is 6.21 Å². The number of hydrogen-bond acceptors (Lipinski definition) is 3. The Morgan fingerprint density at radius 1 is 1.47 bits per heavy atom. The maximum absolute atomic E-state index is 4.41. The molecular weight excluding hydrogens is 186 g/mol. The third kappa shape index (κ3) is 2.23. The molecule has 1 saturated heterocycles. The molecular formula is C12H21N3. The highest BCUT2D eigenvalue weighted by atomic mass is 15.5. The summed E-state index contributed by atoms with van der Waals surface area (Å²) in [5, 5.41) is 6.51. The maximum atomic E-state index is 4.41. The van der Waals surface area contributed by atoms with E-state index in [0.29, 0.717) is 5.41 Å². The standard InChI is InChI=1S/C12H21N3/c1-4-13-15-10-12(6-7-12)9-14(5-2)8-11(15)3/h4H,3,5-10H2,1-2H3/b13-4-. The van der Waals surface area contributed by atoms with Crippen molar-refractivity contribution in [3.8, 4) is 0 Å². The molecule has 0 aromatic heterocycles. The summed E-state index contributed by atoms with van der Waals surface area (Å²) in [5.41, 5.74) is 1.65. The fourth-order valence-electron chi connectivity index (χ4n) is 2.33. The molecule has 3 heteroatoms. The topological polar surface area (TPSA) is 18.8 Å². The van der Waals surface area contributed by atoms with Gasteiger partial charge in [-0.2, -0.15) is 5.10 Å². The number of hydrogen-bond donors (Lipinski definition) is 0. The van der Waals surface area contributed by atoms with Crippen LogP contribution in [-0.4, -0.2) is 42.3 Å². The van der Waals surface area contributed by atoms with Crippen LogP contribution >= 0.6 is 0 Å². The molecule has 1 aliphatic heterocycles. The summed E-state index contributed by atoms with van der Waals surface area (Å²) in [6.07, 6.45) is 4.57. The van der Waals surface area contributed by atoms with Crippen LogP contribution in [0.15, 0.2) is 17.4 Å². The molecule has 1 spiro atoms. The van der Waals surface area contributed by atoms with Gasteiger partial charge in [-0.3, -0.25) is 9.91 Å². The van der Waals surface area contributed by atoms with Crippen LogP contribution in [0.5, 0.6) is 0 Å². The highest BCUT2D eigenvalue weighted by Crippen LogP contribution is 2.48. The predicted octanol–water partition coefficient (Wildman–Crippen LogP) is 1.92. The van der Waals surface area contributed by atoms with E-state index in [-0.39, 0.29) is 0 Å². The molecule has 3 nitrogen and oxygen atoms in total. The fraction of sp³-hybridized carbons (Fsp3) is 0.750. The molecule has 1 heterocycles. The summed E-state index contributed by atoms with van der Waals surface area (Å²) in [4.78, 5) is 2.49. The largest absolute Gasteiger partial charge is 0.297 e. The molecule has 84 valence electrons. The Bertz CT molecular complexity index is 279. The molecule has 0 bridgehead atoms. The van der Waals surface area contributed by atoms with Crippen LogP contribution in [-0.2, 0) is 0 Å². The smallest absolute Gasteiger partial charge is 0.0481 e. The van der Waals surface area contributed by atoms with Gasteiger partial charge in [-0.25, -0.2) is 0 Å². The highest BCUT2D eigenvalue weighted by molar-refractivity contribution is 5.53. The molecule has 2 fully saturated rings. The van der Waals surface area contributed by atoms with Gasteiger partial charge in [0.1, 0.15) is 0 Å². The van der Waals surface area contributed by atoms with Crippen molar-refractivity contribution in [1.82, 2.24) is 9.91 Å². The summed E-state index contributed by atoms with van der Waals surface area (Å²) in [6, 6.07) is 0. The van der Waals surface area contributed by atoms with Crippen LogP contribution in [0.3, 0.4) is 0 Å². The Hall–Kier alpha value is -0.830. The molecule has 0 unspecified atom stereocenters. The van der Waals surface area contributed by atoms with Crippen LogP contribution in [0.25, 0.3) is 0 Å². The third-order valence-corrected chi connectivity index (χ3v) is 3.47. The van der Waals surface area contributed by atoms with Crippen molar-refractivity contribution in [3.05, 3.63) is 12.3 Å². The normalized spacial score (nSPS) is 26.3. The van der Waals surface area contributed by atoms with Crippen molar-refractivity contribution in [2.75, 3.05) is 26.2 Å². The number of nitrogens with zero attached hydrogens (tertiary/aromatic N) is 3. The maximum Gasteiger partial charge on any atom is 0.0481 e. The predicted molar refractivity (Wildman–Crippen MR) is 63.8 cm³/mol. The molecule has 2 rings (SSSR count). The third-order valence-electron chi connectivity index (χ3n) is 3.47. The monoisotopic (exact) mass is 207 g/mol. The van der Waals surface area contributed by atoms with E-state index in [4.69, 9.17) is 0 Å². The zero-order valence-corrected chi connectivity index (χ0v) is 9.87. The summed E-state index contributed by atoms with van der Waals surface area (Å²) in [5.74, 6) is 0. The van der Waals surface area contributed by atoms with E-state index >= 15 is 0 Å². The first kappa shape index (κ1) is 10.7. The molecule has 0 amide bonds. The van der Waals surface area contributed by atoms with E-state index in [0.717, 1.165) is 25.3 Å². The van der Waals surface area contributed by atoms with Gasteiger partial charge in [-0.1, -0.05) is 13.5 Å². The minimum atomic E-state index is 0.516. The van der Waals surface area contributed by atoms with E-state index in [1.165, 1.54) is 19.4 Å². The molecule has 0 aromatic rings. The quantitative estimate of drug-likeness (QED) is 0.644. The van der Waals surface area contributed by atoms with E-state index in [9.17, 15) is 0 Å². The number of rotatable bonds is 2. The van der Waals surface area contributed by atoms with Crippen LogP contribution in [0.1, 0.15) is 26.7 Å². The Morgan fingerprint density at radius 3 is 2.73 bits per heavy atom. The van der Waals surface area contributed by atoms with Crippen molar-refractivity contribution in [3.63, 3.8) is 0 Å². The Kier molecular flexibility index (Phi) is 2.83. The Balaban J connectivity index is 2.12. The van der Waals surface area contributed by atoms with Crippen LogP contribution < -0.4 is 0 Å². The summed E-state index contributed by atoms with van der Waals surface area (Å²) < 4.78 is 0. The van der Waals surface area contributed by atoms with Gasteiger partial charge in [0, 0.05) is 37.0 Å². The summed E-state index contributed by atoms with van der Waals surface area (Å²) in [7, 11) is 0. The van der Waals surface area contributed by atoms with Gasteiger partial charge in [0.2, 0.25) is 0 Å². The Morgan fingerprint density at radius 2 is 2.20 bits per heavy atom. The lowest BCUT2D eigenvalue weighted by Gasteiger charge is -2.21. The van der Waals surface area contributed by atoms with Crippen molar-refractivity contribution in [2.45, 2.75) is 26.7 Å². The van der Waals surface area contributed by atoms with Crippen molar-refractivity contribution < 1.29 is 0 Å². The SMILES string of the molecule is C=C1CN(CC)CC2(CC2)CN1/N=C\C. The summed E-state index contributed by atoms with van der Waals surface area (Å²) >= 11 is 0. The lowest BCUT2D eigenvalue weighted by atomic mass is 10.1. The van der Waals surface area contributed by atoms with Gasteiger partial charge in [0.05, 0.1) is 0 Å². The van der Waals surface area contributed by atoms with Crippen molar-refractivity contribution in [1.29, 1.82) is 0 Å². The minimum absolute atomic E-state index is 0.516. The van der Waals surface area contributed by atoms with E-state index in [1.54, 1.807) is 0 Å². The zero-order chi connectivity index (χ0) is 10.9. The molecule has 0 aromatic carbocycles. The van der Waals surface area contributed by atoms with Gasteiger partial charge in [-0.15, -0.1) is 0 Å². The highest BCUT2D eigenvalue weighted by Gasteiger charge is 2.46. The van der Waals surface area contributed by atoms with E-state index in [2.05, 4.69) is 28.5 Å². The first-order chi connectivity index (χ1) is 7.19. The van der Waals surface area contributed by atoms with Gasteiger partial charge >= 0.3 is 0 Å². The van der Waals surface area contributed by atoms with Gasteiger partial charge in [0.15, 0.2) is 0 Å². The van der Waals surface area contributed by atoms with Crippen molar-refractivity contribution in [2.24, 2.45) is 10.5 Å². The number of likely N-dealkylation sites (N-methyl/N-ethyl adjacent to an activating group) is 1. The average Bonchev–Trinajstić information content (AvgIpc) is 2.97. The molecule has 2 aliphatic rings. The molecule has 15 heavy (non-hydrogen) atoms. The first-order valence-corrected chi connectivity index (χ1v) is 5.85. The molecule has 1 aliphatic carbocycles. The molecule has 0 atom stereocenters. The van der Waals surface area contributed by atoms with Gasteiger partial charge < -0.3 is 0 Å². The zero-order valence-electron chi connectivity index (χ0n) is 9.87. The van der Waals surface area contributed by atoms with Crippen LogP contribution in [0.4, 0.5) is 0 Å². The van der Waals surface area contributed by atoms with Crippen LogP contribution in [0.2, 0.25) is 0 Å². The summed E-state index contributed by atoms with van der Waals surface area (Å²) in [6.45, 7) is 12.7. The fourth-order valence-corrected chi connectivity index (χ4v) is 2.33. The number of hydrazone groups is 1. The minimum Gasteiger partial charge on any atom is -0.297 e. The van der Waals surface area contributed by atoms with Crippen LogP contribution in [0, 0.1) is 5.41 Å². The second-order valence-electron chi connectivity index (χ2n) is 4.80. The van der Waals surface area contributed by atoms with E-state index < -0.39 is 0 Å². The average molecular weight is 207 g/mol. The molecule has 0 N–H and O–H groups in total. The first-order valence-electron chi connectivity index (χ1n) is 5.85. The lowest BCUT2D eigenvalue weighted by Crippen LogP contribution is -2.30. The van der Waals surface area contributed by atoms with Gasteiger partial charge in [-0.05, 0) is 26.3 Å². The molecule has 0 radical (unpaired) electrons.